The molecular formula is C14H20FNOS. The number of benzene rings is 1. The summed E-state index contributed by atoms with van der Waals surface area (Å²) in [4.78, 5) is 0.536. The van der Waals surface area contributed by atoms with Crippen molar-refractivity contribution in [2.24, 2.45) is 5.92 Å². The molecule has 0 bridgehead atoms. The Kier molecular flexibility index (Phi) is 4.38. The molecule has 2 nitrogen and oxygen atoms in total. The zero-order chi connectivity index (χ0) is 13.1. The fraction of sp³-hybridized carbons (Fsp3) is 0.571. The molecule has 2 rings (SSSR count). The van der Waals surface area contributed by atoms with E-state index in [1.807, 2.05) is 0 Å². The molecule has 1 aromatic carbocycles. The molecule has 1 fully saturated rings. The molecule has 0 aliphatic heterocycles. The maximum Gasteiger partial charge on any atom is 0.126 e. The molecule has 0 radical (unpaired) electrons. The molecule has 1 saturated carbocycles. The van der Waals surface area contributed by atoms with Crippen LogP contribution in [-0.4, -0.2) is 9.46 Å². The summed E-state index contributed by atoms with van der Waals surface area (Å²) in [5.41, 5.74) is 5.95. The number of nitrogens with two attached hydrogens (primary N) is 1. The van der Waals surface area contributed by atoms with Gasteiger partial charge in [0, 0.05) is 15.8 Å². The second-order valence-corrected chi connectivity index (χ2v) is 6.81. The van der Waals surface area contributed by atoms with E-state index in [9.17, 15) is 8.60 Å². The van der Waals surface area contributed by atoms with Gasteiger partial charge in [0.15, 0.2) is 0 Å². The Morgan fingerprint density at radius 3 is 2.83 bits per heavy atom. The molecule has 0 amide bonds. The summed E-state index contributed by atoms with van der Waals surface area (Å²) in [5.74, 6) is 0.264. The predicted octanol–water partition coefficient (Wildman–Crippen LogP) is 3.48. The number of rotatable bonds is 3. The van der Waals surface area contributed by atoms with E-state index in [0.29, 0.717) is 16.5 Å². The van der Waals surface area contributed by atoms with Crippen molar-refractivity contribution in [3.63, 3.8) is 0 Å². The molecule has 18 heavy (non-hydrogen) atoms. The number of hydrogen-bond acceptors (Lipinski definition) is 2. The Morgan fingerprint density at radius 1 is 1.39 bits per heavy atom. The average molecular weight is 269 g/mol. The fourth-order valence-corrected chi connectivity index (χ4v) is 4.39. The van der Waals surface area contributed by atoms with Gasteiger partial charge in [-0.1, -0.05) is 26.2 Å². The minimum atomic E-state index is -1.13. The van der Waals surface area contributed by atoms with Crippen molar-refractivity contribution < 1.29 is 8.60 Å². The Morgan fingerprint density at radius 2 is 2.17 bits per heavy atom. The van der Waals surface area contributed by atoms with Crippen LogP contribution in [0, 0.1) is 11.7 Å². The van der Waals surface area contributed by atoms with Gasteiger partial charge in [-0.05, 0) is 37.0 Å². The third-order valence-electron chi connectivity index (χ3n) is 3.74. The summed E-state index contributed by atoms with van der Waals surface area (Å²) in [5, 5.41) is 0.157. The molecule has 0 aromatic heterocycles. The molecule has 100 valence electrons. The maximum atomic E-state index is 13.3. The third kappa shape index (κ3) is 3.10. The van der Waals surface area contributed by atoms with Gasteiger partial charge in [0.05, 0.1) is 10.8 Å². The highest BCUT2D eigenvalue weighted by Gasteiger charge is 2.26. The van der Waals surface area contributed by atoms with Crippen molar-refractivity contribution in [1.82, 2.24) is 0 Å². The standard InChI is InChI=1S/C14H20FNOS/c1-2-10-4-3-5-13(6-10)18(17)14-8-11(15)7-12(16)9-14/h7-10,13H,2-6,16H2,1H3. The first kappa shape index (κ1) is 13.5. The minimum Gasteiger partial charge on any atom is -0.399 e. The Bertz CT molecular complexity index is 429. The van der Waals surface area contributed by atoms with Crippen LogP contribution in [0.15, 0.2) is 23.1 Å². The summed E-state index contributed by atoms with van der Waals surface area (Å²) >= 11 is 0. The Balaban J connectivity index is 2.15. The molecule has 2 N–H and O–H groups in total. The van der Waals surface area contributed by atoms with Gasteiger partial charge in [-0.25, -0.2) is 4.39 Å². The summed E-state index contributed by atoms with van der Waals surface area (Å²) in [6.07, 6.45) is 5.45. The molecule has 0 spiro atoms. The van der Waals surface area contributed by atoms with Gasteiger partial charge in [0.25, 0.3) is 0 Å². The van der Waals surface area contributed by atoms with Gasteiger partial charge in [0.1, 0.15) is 5.82 Å². The third-order valence-corrected chi connectivity index (χ3v) is 5.47. The van der Waals surface area contributed by atoms with Gasteiger partial charge in [-0.15, -0.1) is 0 Å². The summed E-state index contributed by atoms with van der Waals surface area (Å²) in [7, 11) is -1.13. The van der Waals surface area contributed by atoms with Crippen LogP contribution in [0.1, 0.15) is 39.0 Å². The summed E-state index contributed by atoms with van der Waals surface area (Å²) < 4.78 is 25.7. The van der Waals surface area contributed by atoms with Crippen molar-refractivity contribution in [1.29, 1.82) is 0 Å². The van der Waals surface area contributed by atoms with E-state index in [1.165, 1.54) is 18.6 Å². The molecule has 0 saturated heterocycles. The van der Waals surface area contributed by atoms with E-state index in [2.05, 4.69) is 6.92 Å². The van der Waals surface area contributed by atoms with Crippen LogP contribution in [0.25, 0.3) is 0 Å². The van der Waals surface area contributed by atoms with Gasteiger partial charge < -0.3 is 5.73 Å². The highest BCUT2D eigenvalue weighted by atomic mass is 32.2. The highest BCUT2D eigenvalue weighted by Crippen LogP contribution is 2.32. The zero-order valence-electron chi connectivity index (χ0n) is 10.7. The van der Waals surface area contributed by atoms with Crippen LogP contribution in [0.5, 0.6) is 0 Å². The van der Waals surface area contributed by atoms with Crippen molar-refractivity contribution >= 4 is 16.5 Å². The van der Waals surface area contributed by atoms with E-state index in [1.54, 1.807) is 6.07 Å². The van der Waals surface area contributed by atoms with Crippen LogP contribution in [0.2, 0.25) is 0 Å². The lowest BCUT2D eigenvalue weighted by Crippen LogP contribution is -2.24. The second kappa shape index (κ2) is 5.83. The highest BCUT2D eigenvalue weighted by molar-refractivity contribution is 7.85. The molecular weight excluding hydrogens is 249 g/mol. The lowest BCUT2D eigenvalue weighted by Gasteiger charge is -2.27. The Hall–Kier alpha value is -0.900. The van der Waals surface area contributed by atoms with E-state index in [-0.39, 0.29) is 5.25 Å². The predicted molar refractivity (Wildman–Crippen MR) is 73.3 cm³/mol. The minimum absolute atomic E-state index is 0.157. The SMILES string of the molecule is CCC1CCCC(S(=O)c2cc(N)cc(F)c2)C1. The first-order chi connectivity index (χ1) is 8.60. The average Bonchev–Trinajstić information content (AvgIpc) is 2.37. The van der Waals surface area contributed by atoms with E-state index in [4.69, 9.17) is 5.73 Å². The first-order valence-corrected chi connectivity index (χ1v) is 7.78. The molecule has 3 atom stereocenters. The van der Waals surface area contributed by atoms with Crippen molar-refractivity contribution in [3.05, 3.63) is 24.0 Å². The zero-order valence-corrected chi connectivity index (χ0v) is 11.5. The van der Waals surface area contributed by atoms with E-state index >= 15 is 0 Å². The largest absolute Gasteiger partial charge is 0.399 e. The molecule has 4 heteroatoms. The fourth-order valence-electron chi connectivity index (χ4n) is 2.70. The molecule has 1 aromatic rings. The van der Waals surface area contributed by atoms with Crippen LogP contribution in [0.3, 0.4) is 0 Å². The van der Waals surface area contributed by atoms with Crippen LogP contribution < -0.4 is 5.73 Å². The van der Waals surface area contributed by atoms with Crippen molar-refractivity contribution in [2.75, 3.05) is 5.73 Å². The van der Waals surface area contributed by atoms with Crippen molar-refractivity contribution in [3.8, 4) is 0 Å². The monoisotopic (exact) mass is 269 g/mol. The van der Waals surface area contributed by atoms with Crippen LogP contribution in [0.4, 0.5) is 10.1 Å². The number of hydrogen-bond donors (Lipinski definition) is 1. The van der Waals surface area contributed by atoms with Gasteiger partial charge in [-0.3, -0.25) is 4.21 Å². The van der Waals surface area contributed by atoms with Gasteiger partial charge in [0.2, 0.25) is 0 Å². The number of anilines is 1. The maximum absolute atomic E-state index is 13.3. The molecule has 0 heterocycles. The topological polar surface area (TPSA) is 43.1 Å². The molecule has 1 aliphatic rings. The van der Waals surface area contributed by atoms with Gasteiger partial charge >= 0.3 is 0 Å². The summed E-state index contributed by atoms with van der Waals surface area (Å²) in [6, 6.07) is 4.24. The number of nitrogen functional groups attached to an aromatic ring is 1. The number of halogens is 1. The second-order valence-electron chi connectivity index (χ2n) is 5.08. The lowest BCUT2D eigenvalue weighted by atomic mass is 9.87. The van der Waals surface area contributed by atoms with Crippen LogP contribution >= 0.6 is 0 Å². The molecule has 1 aliphatic carbocycles. The van der Waals surface area contributed by atoms with Crippen molar-refractivity contribution in [2.45, 2.75) is 49.2 Å². The smallest absolute Gasteiger partial charge is 0.126 e. The normalized spacial score (nSPS) is 25.9. The quantitative estimate of drug-likeness (QED) is 0.854. The van der Waals surface area contributed by atoms with E-state index < -0.39 is 16.6 Å². The summed E-state index contributed by atoms with van der Waals surface area (Å²) in [6.45, 7) is 2.18. The molecule has 3 unspecified atom stereocenters. The van der Waals surface area contributed by atoms with Crippen LogP contribution in [-0.2, 0) is 10.8 Å². The lowest BCUT2D eigenvalue weighted by molar-refractivity contribution is 0.353. The Labute approximate surface area is 110 Å². The van der Waals surface area contributed by atoms with E-state index in [0.717, 1.165) is 25.7 Å². The first-order valence-electron chi connectivity index (χ1n) is 6.56. The van der Waals surface area contributed by atoms with Gasteiger partial charge in [-0.2, -0.15) is 0 Å².